The molecule has 30 heavy (non-hydrogen) atoms. The van der Waals surface area contributed by atoms with Crippen molar-refractivity contribution in [1.82, 2.24) is 10.2 Å². The zero-order valence-corrected chi connectivity index (χ0v) is 19.9. The maximum Gasteiger partial charge on any atom is 0.259 e. The third-order valence-electron chi connectivity index (χ3n) is 5.04. The van der Waals surface area contributed by atoms with Gasteiger partial charge in [-0.05, 0) is 72.2 Å². The highest BCUT2D eigenvalue weighted by Gasteiger charge is 2.31. The van der Waals surface area contributed by atoms with Crippen LogP contribution in [0.2, 0.25) is 5.02 Å². The molecule has 0 unspecified atom stereocenters. The summed E-state index contributed by atoms with van der Waals surface area (Å²) in [4.78, 5) is 0. The number of aromatic nitrogens is 2. The highest BCUT2D eigenvalue weighted by molar-refractivity contribution is 6.30. The number of hydrogen-bond acceptors (Lipinski definition) is 4. The predicted molar refractivity (Wildman–Crippen MR) is 122 cm³/mol. The normalized spacial score (nSPS) is 12.8. The van der Waals surface area contributed by atoms with Gasteiger partial charge in [0.1, 0.15) is 5.75 Å². The molecule has 0 amide bonds. The van der Waals surface area contributed by atoms with E-state index in [1.54, 1.807) is 12.1 Å². The first-order chi connectivity index (χ1) is 13.8. The maximum absolute atomic E-state index is 6.09. The molecule has 0 aliphatic carbocycles. The molecule has 0 saturated carbocycles. The van der Waals surface area contributed by atoms with E-state index in [2.05, 4.69) is 69.9 Å². The smallest absolute Gasteiger partial charge is 0.259 e. The van der Waals surface area contributed by atoms with Crippen molar-refractivity contribution in [3.8, 4) is 17.2 Å². The molecule has 0 bridgehead atoms. The molecule has 1 aromatic heterocycles. The number of rotatable bonds is 4. The first-order valence-electron chi connectivity index (χ1n) is 10.2. The van der Waals surface area contributed by atoms with Gasteiger partial charge in [-0.2, -0.15) is 0 Å². The van der Waals surface area contributed by atoms with E-state index >= 15 is 0 Å². The second kappa shape index (κ2) is 7.73. The number of nitrogens with zero attached hydrogens (tertiary/aromatic N) is 2. The lowest BCUT2D eigenvalue weighted by atomic mass is 9.79. The van der Waals surface area contributed by atoms with Crippen molar-refractivity contribution < 1.29 is 9.15 Å². The molecule has 4 nitrogen and oxygen atoms in total. The minimum Gasteiger partial charge on any atom is -0.478 e. The molecule has 0 fully saturated rings. The lowest BCUT2D eigenvalue weighted by Gasteiger charge is -2.25. The van der Waals surface area contributed by atoms with Gasteiger partial charge in [0.15, 0.2) is 5.60 Å². The molecular weight excluding hydrogens is 396 g/mol. The Bertz CT molecular complexity index is 990. The Morgan fingerprint density at radius 2 is 1.30 bits per heavy atom. The molecule has 5 heteroatoms. The second-order valence-corrected chi connectivity index (χ2v) is 10.7. The van der Waals surface area contributed by atoms with E-state index in [0.29, 0.717) is 22.6 Å². The lowest BCUT2D eigenvalue weighted by molar-refractivity contribution is 0.0770. The van der Waals surface area contributed by atoms with Crippen LogP contribution in [-0.2, 0) is 16.4 Å². The Labute approximate surface area is 184 Å². The summed E-state index contributed by atoms with van der Waals surface area (Å²) in [5.41, 5.74) is 2.63. The summed E-state index contributed by atoms with van der Waals surface area (Å²) in [7, 11) is 0. The Kier molecular flexibility index (Phi) is 5.76. The van der Waals surface area contributed by atoms with Gasteiger partial charge in [-0.15, -0.1) is 10.2 Å². The quantitative estimate of drug-likeness (QED) is 0.439. The Morgan fingerprint density at radius 1 is 0.767 bits per heavy atom. The summed E-state index contributed by atoms with van der Waals surface area (Å²) >= 11 is 5.96. The van der Waals surface area contributed by atoms with Crippen molar-refractivity contribution in [1.29, 1.82) is 0 Å². The van der Waals surface area contributed by atoms with Crippen LogP contribution in [0.5, 0.6) is 5.75 Å². The van der Waals surface area contributed by atoms with E-state index < -0.39 is 5.60 Å². The molecule has 0 radical (unpaired) electrons. The molecule has 0 aliphatic heterocycles. The van der Waals surface area contributed by atoms with Gasteiger partial charge in [-0.25, -0.2) is 0 Å². The molecular formula is C25H31ClN2O2. The fourth-order valence-corrected chi connectivity index (χ4v) is 3.17. The third kappa shape index (κ3) is 5.04. The van der Waals surface area contributed by atoms with Crippen molar-refractivity contribution in [3.63, 3.8) is 0 Å². The first kappa shape index (κ1) is 22.4. The van der Waals surface area contributed by atoms with E-state index in [-0.39, 0.29) is 10.8 Å². The minimum atomic E-state index is -0.784. The molecule has 3 aromatic rings. The van der Waals surface area contributed by atoms with E-state index in [9.17, 15) is 0 Å². The van der Waals surface area contributed by atoms with E-state index in [4.69, 9.17) is 20.8 Å². The molecule has 2 aromatic carbocycles. The Morgan fingerprint density at radius 3 is 1.80 bits per heavy atom. The molecule has 1 heterocycles. The average molecular weight is 427 g/mol. The van der Waals surface area contributed by atoms with Crippen molar-refractivity contribution in [2.75, 3.05) is 0 Å². The van der Waals surface area contributed by atoms with E-state index in [1.807, 2.05) is 26.0 Å². The molecule has 0 N–H and O–H groups in total. The van der Waals surface area contributed by atoms with Crippen LogP contribution in [0.1, 0.15) is 72.4 Å². The summed E-state index contributed by atoms with van der Waals surface area (Å²) in [6.07, 6.45) is 0. The zero-order chi connectivity index (χ0) is 22.3. The van der Waals surface area contributed by atoms with Crippen LogP contribution in [0.15, 0.2) is 46.9 Å². The average Bonchev–Trinajstić information content (AvgIpc) is 3.13. The zero-order valence-electron chi connectivity index (χ0n) is 19.1. The van der Waals surface area contributed by atoms with Gasteiger partial charge < -0.3 is 9.15 Å². The van der Waals surface area contributed by atoms with Gasteiger partial charge in [0.05, 0.1) is 0 Å². The number of hydrogen-bond donors (Lipinski definition) is 0. The summed E-state index contributed by atoms with van der Waals surface area (Å²) in [5.74, 6) is 1.61. The number of ether oxygens (including phenoxy) is 1. The molecule has 160 valence electrons. The molecule has 3 rings (SSSR count). The van der Waals surface area contributed by atoms with Gasteiger partial charge in [-0.1, -0.05) is 59.2 Å². The Balaban J connectivity index is 1.97. The standard InChI is InChI=1S/C25H31ClN2O2/c1-23(2,3)17-13-16(14-18(15-17)24(4,5)6)21-27-28-22(29-21)25(7,8)30-20-11-9-19(26)10-12-20/h9-15H,1-8H3. The molecule has 0 spiro atoms. The van der Waals surface area contributed by atoms with Crippen molar-refractivity contribution in [3.05, 3.63) is 64.5 Å². The monoisotopic (exact) mass is 426 g/mol. The summed E-state index contributed by atoms with van der Waals surface area (Å²) in [5, 5.41) is 9.29. The fourth-order valence-electron chi connectivity index (χ4n) is 3.04. The van der Waals surface area contributed by atoms with Gasteiger partial charge in [0, 0.05) is 10.6 Å². The fraction of sp³-hybridized carbons (Fsp3) is 0.440. The van der Waals surface area contributed by atoms with Gasteiger partial charge in [0.2, 0.25) is 5.89 Å². The molecule has 0 saturated heterocycles. The topological polar surface area (TPSA) is 48.2 Å². The summed E-state index contributed by atoms with van der Waals surface area (Å²) in [6, 6.07) is 13.8. The van der Waals surface area contributed by atoms with E-state index in [1.165, 1.54) is 11.1 Å². The SMILES string of the molecule is CC(C)(C)c1cc(-c2nnc(C(C)(C)Oc3ccc(Cl)cc3)o2)cc(C(C)(C)C)c1. The van der Waals surface area contributed by atoms with E-state index in [0.717, 1.165) is 5.56 Å². The van der Waals surface area contributed by atoms with Gasteiger partial charge in [0.25, 0.3) is 5.89 Å². The molecule has 0 atom stereocenters. The van der Waals surface area contributed by atoms with Gasteiger partial charge >= 0.3 is 0 Å². The summed E-state index contributed by atoms with van der Waals surface area (Å²) in [6.45, 7) is 17.1. The minimum absolute atomic E-state index is 0.00975. The van der Waals surface area contributed by atoms with Crippen molar-refractivity contribution >= 4 is 11.6 Å². The van der Waals surface area contributed by atoms with Crippen LogP contribution in [0, 0.1) is 0 Å². The number of benzene rings is 2. The largest absolute Gasteiger partial charge is 0.478 e. The maximum atomic E-state index is 6.09. The van der Waals surface area contributed by atoms with Crippen molar-refractivity contribution in [2.24, 2.45) is 0 Å². The van der Waals surface area contributed by atoms with Crippen LogP contribution in [0.4, 0.5) is 0 Å². The highest BCUT2D eigenvalue weighted by atomic mass is 35.5. The van der Waals surface area contributed by atoms with Crippen LogP contribution >= 0.6 is 11.6 Å². The second-order valence-electron chi connectivity index (χ2n) is 10.3. The number of halogens is 1. The first-order valence-corrected chi connectivity index (χ1v) is 10.6. The molecule has 0 aliphatic rings. The predicted octanol–water partition coefficient (Wildman–Crippen LogP) is 7.30. The van der Waals surface area contributed by atoms with Crippen LogP contribution in [0.3, 0.4) is 0 Å². The van der Waals surface area contributed by atoms with Crippen LogP contribution in [-0.4, -0.2) is 10.2 Å². The van der Waals surface area contributed by atoms with Crippen molar-refractivity contribution in [2.45, 2.75) is 71.8 Å². The lowest BCUT2D eigenvalue weighted by Crippen LogP contribution is -2.25. The van der Waals surface area contributed by atoms with Crippen LogP contribution in [0.25, 0.3) is 11.5 Å². The Hall–Kier alpha value is -2.33. The highest BCUT2D eigenvalue weighted by Crippen LogP contribution is 2.35. The third-order valence-corrected chi connectivity index (χ3v) is 5.29. The van der Waals surface area contributed by atoms with Crippen LogP contribution < -0.4 is 4.74 Å². The summed E-state index contributed by atoms with van der Waals surface area (Å²) < 4.78 is 12.2. The van der Waals surface area contributed by atoms with Gasteiger partial charge in [-0.3, -0.25) is 0 Å².